The fraction of sp³-hybridized carbons (Fsp3) is 1.00. The third kappa shape index (κ3) is 52.2. The summed E-state index contributed by atoms with van der Waals surface area (Å²) in [4.78, 5) is 0. The molecule has 0 spiro atoms. The van der Waals surface area contributed by atoms with Crippen molar-refractivity contribution in [3.05, 3.63) is 0 Å². The molecule has 0 amide bonds. The summed E-state index contributed by atoms with van der Waals surface area (Å²) >= 11 is 0. The first-order valence-corrected chi connectivity index (χ1v) is 32.6. The summed E-state index contributed by atoms with van der Waals surface area (Å²) in [6.45, 7) is 49.0. The van der Waals surface area contributed by atoms with Crippen LogP contribution in [0.2, 0.25) is 0 Å². The third-order valence-corrected chi connectivity index (χ3v) is 17.0. The van der Waals surface area contributed by atoms with Gasteiger partial charge in [-0.05, 0) is 195 Å². The minimum atomic E-state index is 0.00366. The molecule has 4 fully saturated rings. The van der Waals surface area contributed by atoms with Crippen LogP contribution in [0.4, 0.5) is 0 Å². The minimum absolute atomic E-state index is 0.00366. The Hall–Kier alpha value is -0.320. The van der Waals surface area contributed by atoms with E-state index >= 15 is 0 Å². The molecule has 4 aliphatic rings. The molecule has 0 N–H and O–H groups in total. The van der Waals surface area contributed by atoms with Crippen LogP contribution in [-0.4, -0.2) is 103 Å². The van der Waals surface area contributed by atoms with Crippen LogP contribution in [0.1, 0.15) is 294 Å². The van der Waals surface area contributed by atoms with E-state index in [-0.39, 0.29) is 5.60 Å². The molecule has 0 saturated heterocycles. The highest BCUT2D eigenvalue weighted by Gasteiger charge is 2.22. The highest BCUT2D eigenvalue weighted by atomic mass is 16.5. The molecule has 8 unspecified atom stereocenters. The first kappa shape index (κ1) is 83.1. The Kier molecular flexibility index (Phi) is 58.0. The van der Waals surface area contributed by atoms with Gasteiger partial charge in [0.2, 0.25) is 0 Å². The number of hydrogen-bond acceptors (Lipinski definition) is 8. The van der Waals surface area contributed by atoms with E-state index < -0.39 is 0 Å². The molecular formula is C69H146O8. The molecule has 0 aromatic heterocycles. The van der Waals surface area contributed by atoms with Crippen LogP contribution in [0.25, 0.3) is 0 Å². The summed E-state index contributed by atoms with van der Waals surface area (Å²) in [5.41, 5.74) is 0.00366. The molecule has 77 heavy (non-hydrogen) atoms. The van der Waals surface area contributed by atoms with Crippen LogP contribution in [0.3, 0.4) is 0 Å². The predicted octanol–water partition coefficient (Wildman–Crippen LogP) is 20.5. The lowest BCUT2D eigenvalue weighted by Crippen LogP contribution is -2.28. The summed E-state index contributed by atoms with van der Waals surface area (Å²) in [5.74, 6) is 6.67. The summed E-state index contributed by atoms with van der Waals surface area (Å²) in [7, 11) is 9.06. The summed E-state index contributed by atoms with van der Waals surface area (Å²) < 4.78 is 42.7. The monoisotopic (exact) mass is 1100 g/mol. The molecule has 0 radical (unpaired) electrons. The Labute approximate surface area is 485 Å². The topological polar surface area (TPSA) is 73.8 Å². The van der Waals surface area contributed by atoms with Crippen molar-refractivity contribution in [2.24, 2.45) is 53.3 Å². The Bertz CT molecular complexity index is 1130. The fourth-order valence-electron chi connectivity index (χ4n) is 9.93. The molecule has 8 nitrogen and oxygen atoms in total. The molecule has 8 heteroatoms. The van der Waals surface area contributed by atoms with E-state index in [2.05, 4.69) is 145 Å². The smallest absolute Gasteiger partial charge is 0.0602 e. The van der Waals surface area contributed by atoms with Gasteiger partial charge in [0.05, 0.1) is 54.4 Å². The zero-order chi connectivity index (χ0) is 59.9. The second-order valence-corrected chi connectivity index (χ2v) is 26.5. The Morgan fingerprint density at radius 3 is 0.779 bits per heavy atom. The molecule has 4 saturated carbocycles. The normalized spacial score (nSPS) is 20.3. The predicted molar refractivity (Wildman–Crippen MR) is 339 cm³/mol. The van der Waals surface area contributed by atoms with Gasteiger partial charge in [-0.15, -0.1) is 0 Å². The van der Waals surface area contributed by atoms with Crippen LogP contribution in [0.5, 0.6) is 0 Å². The number of ether oxygens (including phenoxy) is 8. The van der Waals surface area contributed by atoms with Crippen LogP contribution in [-0.2, 0) is 37.9 Å². The Morgan fingerprint density at radius 1 is 0.351 bits per heavy atom. The molecule has 4 rings (SSSR count). The second-order valence-electron chi connectivity index (χ2n) is 26.5. The summed E-state index contributed by atoms with van der Waals surface area (Å²) in [6, 6.07) is 0. The van der Waals surface area contributed by atoms with Gasteiger partial charge in [-0.25, -0.2) is 0 Å². The quantitative estimate of drug-likeness (QED) is 0.118. The second kappa shape index (κ2) is 53.7. The maximum absolute atomic E-state index is 5.70. The maximum Gasteiger partial charge on any atom is 0.0602 e. The maximum atomic E-state index is 5.70. The van der Waals surface area contributed by atoms with Gasteiger partial charge in [0, 0.05) is 48.8 Å². The van der Waals surface area contributed by atoms with Gasteiger partial charge < -0.3 is 37.9 Å². The average Bonchev–Trinajstić information content (AvgIpc) is 3.79. The molecule has 0 heterocycles. The van der Waals surface area contributed by atoms with E-state index in [9.17, 15) is 0 Å². The lowest BCUT2D eigenvalue weighted by atomic mass is 9.86. The lowest BCUT2D eigenvalue weighted by molar-refractivity contribution is -0.0698. The number of hydrogen-bond donors (Lipinski definition) is 0. The standard InChI is InChI=1S/C11H22O.C10H20O.C9H18O.C9H20O.C8H16O.2C8H18O.C6H14O/c1-10(12-2)11-8-6-4-3-5-7-9-11;1-9(11-2)10-7-5-3-4-6-8-10;1-8(10-2)9-6-4-3-5-7-9;1-7(2)8(3)10-9(4,5)6;1-7(9-2)8-5-3-4-6-8;1-6(2)7(3)8(4)9-5;1-6(2)8(5)9-7(3)4;1-4-7-5-6(2)3/h10-11H,3-9H2,1-2H3;9-10H,3-8H2,1-2H3;8-9H,3-7H2,1-2H3;7-8H,1-6H3;7-8H,3-6H2,1-2H3;2*6-8H,1-5H3;6H,4-5H2,1-3H3. The van der Waals surface area contributed by atoms with Gasteiger partial charge in [0.15, 0.2) is 0 Å². The van der Waals surface area contributed by atoms with E-state index in [0.717, 1.165) is 42.8 Å². The molecule has 4 aliphatic carbocycles. The van der Waals surface area contributed by atoms with Gasteiger partial charge >= 0.3 is 0 Å². The van der Waals surface area contributed by atoms with E-state index in [1.165, 1.54) is 141 Å². The highest BCUT2D eigenvalue weighted by molar-refractivity contribution is 4.74. The van der Waals surface area contributed by atoms with Crippen LogP contribution in [0, 0.1) is 53.3 Å². The fourth-order valence-corrected chi connectivity index (χ4v) is 9.93. The molecule has 0 aromatic carbocycles. The van der Waals surface area contributed by atoms with Crippen molar-refractivity contribution in [3.63, 3.8) is 0 Å². The largest absolute Gasteiger partial charge is 0.381 e. The first-order chi connectivity index (χ1) is 36.1. The van der Waals surface area contributed by atoms with Gasteiger partial charge in [0.1, 0.15) is 0 Å². The van der Waals surface area contributed by atoms with Crippen molar-refractivity contribution >= 4 is 0 Å². The van der Waals surface area contributed by atoms with Gasteiger partial charge in [-0.3, -0.25) is 0 Å². The van der Waals surface area contributed by atoms with Crippen molar-refractivity contribution in [2.45, 2.75) is 348 Å². The summed E-state index contributed by atoms with van der Waals surface area (Å²) in [6.07, 6.45) is 34.5. The molecule has 0 aromatic rings. The SMILES string of the molecule is CC(C)C(C)OC(C)(C)C.CC(C)OC(C)C(C)C.CCOCC(C)C.COC(C)C(C)C(C)C.COC(C)C1CCCC1.COC(C)C1CCCCC1.COC(C)C1CCCCCC1.COC(C)C1CCCCCCC1. The molecular weight excluding hydrogens is 957 g/mol. The van der Waals surface area contributed by atoms with E-state index in [1.807, 2.05) is 35.4 Å². The van der Waals surface area contributed by atoms with E-state index in [0.29, 0.717) is 72.5 Å². The number of rotatable bonds is 19. The zero-order valence-corrected chi connectivity index (χ0v) is 57.6. The van der Waals surface area contributed by atoms with Gasteiger partial charge in [-0.1, -0.05) is 152 Å². The van der Waals surface area contributed by atoms with Crippen molar-refractivity contribution < 1.29 is 37.9 Å². The molecule has 0 bridgehead atoms. The first-order valence-electron chi connectivity index (χ1n) is 32.6. The van der Waals surface area contributed by atoms with Crippen molar-refractivity contribution in [2.75, 3.05) is 48.8 Å². The van der Waals surface area contributed by atoms with Crippen LogP contribution >= 0.6 is 0 Å². The Morgan fingerprint density at radius 2 is 0.623 bits per heavy atom. The van der Waals surface area contributed by atoms with Crippen LogP contribution in [0.15, 0.2) is 0 Å². The van der Waals surface area contributed by atoms with Crippen LogP contribution < -0.4 is 0 Å². The molecule has 470 valence electrons. The van der Waals surface area contributed by atoms with Crippen molar-refractivity contribution in [1.29, 1.82) is 0 Å². The molecule has 0 aliphatic heterocycles. The van der Waals surface area contributed by atoms with Gasteiger partial charge in [-0.2, -0.15) is 0 Å². The average molecular weight is 1100 g/mol. The lowest BCUT2D eigenvalue weighted by Gasteiger charge is -2.27. The van der Waals surface area contributed by atoms with Gasteiger partial charge in [0.25, 0.3) is 0 Å². The van der Waals surface area contributed by atoms with E-state index in [1.54, 1.807) is 7.11 Å². The molecule has 8 atom stereocenters. The third-order valence-electron chi connectivity index (χ3n) is 17.0. The number of methoxy groups -OCH3 is 5. The van der Waals surface area contributed by atoms with E-state index in [4.69, 9.17) is 37.9 Å². The summed E-state index contributed by atoms with van der Waals surface area (Å²) in [5, 5.41) is 0. The van der Waals surface area contributed by atoms with Crippen molar-refractivity contribution in [1.82, 2.24) is 0 Å². The van der Waals surface area contributed by atoms with Crippen molar-refractivity contribution in [3.8, 4) is 0 Å². The Balaban J connectivity index is -0.000000397. The zero-order valence-electron chi connectivity index (χ0n) is 57.6. The minimum Gasteiger partial charge on any atom is -0.381 e. The highest BCUT2D eigenvalue weighted by Crippen LogP contribution is 2.30.